The van der Waals surface area contributed by atoms with Crippen LogP contribution in [0.5, 0.6) is 0 Å². The lowest BCUT2D eigenvalue weighted by Crippen LogP contribution is -2.24. The SMILES string of the molecule is CC1(C)OCC(Cn2c3ccccc3c3c4c(c5c6ccccc6[nH]c5c32)C(=O)OC4=O)O1. The van der Waals surface area contributed by atoms with Crippen LogP contribution in [0.15, 0.2) is 48.5 Å². The smallest absolute Gasteiger partial charge is 0.347 e. The van der Waals surface area contributed by atoms with Gasteiger partial charge in [-0.1, -0.05) is 36.4 Å². The number of ether oxygens (including phenoxy) is 3. The van der Waals surface area contributed by atoms with Gasteiger partial charge >= 0.3 is 11.9 Å². The second-order valence-corrected chi connectivity index (χ2v) is 9.15. The molecule has 33 heavy (non-hydrogen) atoms. The van der Waals surface area contributed by atoms with Gasteiger partial charge in [0.05, 0.1) is 35.3 Å². The van der Waals surface area contributed by atoms with E-state index in [4.69, 9.17) is 14.2 Å². The monoisotopic (exact) mass is 440 g/mol. The van der Waals surface area contributed by atoms with Crippen LogP contribution >= 0.6 is 0 Å². The van der Waals surface area contributed by atoms with Crippen molar-refractivity contribution in [2.75, 3.05) is 6.61 Å². The van der Waals surface area contributed by atoms with Gasteiger partial charge in [-0.25, -0.2) is 9.59 Å². The summed E-state index contributed by atoms with van der Waals surface area (Å²) >= 11 is 0. The third-order valence-electron chi connectivity index (χ3n) is 6.71. The van der Waals surface area contributed by atoms with Crippen LogP contribution in [0, 0.1) is 0 Å². The number of esters is 2. The Bertz CT molecular complexity index is 1670. The van der Waals surface area contributed by atoms with Gasteiger partial charge in [-0.2, -0.15) is 0 Å². The number of cyclic esters (lactones) is 2. The highest BCUT2D eigenvalue weighted by atomic mass is 16.7. The van der Waals surface area contributed by atoms with Crippen LogP contribution < -0.4 is 0 Å². The number of rotatable bonds is 2. The van der Waals surface area contributed by atoms with E-state index in [9.17, 15) is 9.59 Å². The summed E-state index contributed by atoms with van der Waals surface area (Å²) in [5.74, 6) is -1.84. The molecule has 7 rings (SSSR count). The zero-order valence-electron chi connectivity index (χ0n) is 18.1. The number of carbonyl (C=O) groups is 2. The molecular weight excluding hydrogens is 420 g/mol. The Labute approximate surface area is 187 Å². The number of benzene rings is 3. The van der Waals surface area contributed by atoms with Gasteiger partial charge in [0.2, 0.25) is 0 Å². The number of aromatic amines is 1. The largest absolute Gasteiger partial charge is 0.386 e. The average molecular weight is 440 g/mol. The Morgan fingerprint density at radius 3 is 2.42 bits per heavy atom. The van der Waals surface area contributed by atoms with E-state index in [1.165, 1.54) is 0 Å². The number of H-pyrrole nitrogens is 1. The summed E-state index contributed by atoms with van der Waals surface area (Å²) in [4.78, 5) is 29.4. The quantitative estimate of drug-likeness (QED) is 0.312. The molecule has 0 radical (unpaired) electrons. The lowest BCUT2D eigenvalue weighted by molar-refractivity contribution is -0.139. The van der Waals surface area contributed by atoms with Gasteiger partial charge in [0, 0.05) is 32.6 Å². The number of aromatic nitrogens is 2. The van der Waals surface area contributed by atoms with Crippen LogP contribution in [0.4, 0.5) is 0 Å². The number of para-hydroxylation sites is 2. The first kappa shape index (κ1) is 18.8. The van der Waals surface area contributed by atoms with Crippen LogP contribution in [0.25, 0.3) is 43.6 Å². The standard InChI is InChI=1S/C26H20N2O5/c1-26(2)31-12-13(33-26)11-28-17-10-6-4-8-15(17)19-21-20(24(29)32-25(21)30)18-14-7-3-5-9-16(14)27-22(18)23(19)28/h3-10,13,27H,11-12H2,1-2H3. The van der Waals surface area contributed by atoms with Crippen molar-refractivity contribution in [3.63, 3.8) is 0 Å². The Kier molecular flexibility index (Phi) is 3.55. The van der Waals surface area contributed by atoms with Gasteiger partial charge in [-0.3, -0.25) is 0 Å². The van der Waals surface area contributed by atoms with Crippen LogP contribution in [0.3, 0.4) is 0 Å². The van der Waals surface area contributed by atoms with Crippen LogP contribution in [-0.4, -0.2) is 40.0 Å². The molecule has 1 N–H and O–H groups in total. The molecule has 1 unspecified atom stereocenters. The Morgan fingerprint density at radius 1 is 0.970 bits per heavy atom. The molecule has 3 aromatic carbocycles. The molecule has 1 saturated heterocycles. The van der Waals surface area contributed by atoms with E-state index in [1.807, 2.05) is 62.4 Å². The minimum Gasteiger partial charge on any atom is -0.386 e. The van der Waals surface area contributed by atoms with Crippen LogP contribution in [-0.2, 0) is 20.8 Å². The summed E-state index contributed by atoms with van der Waals surface area (Å²) in [6.07, 6.45) is -0.153. The van der Waals surface area contributed by atoms with Crippen molar-refractivity contribution in [3.05, 3.63) is 59.7 Å². The Balaban J connectivity index is 1.67. The molecule has 0 bridgehead atoms. The predicted octanol–water partition coefficient (Wildman–Crippen LogP) is 4.89. The van der Waals surface area contributed by atoms with Gasteiger partial charge in [0.15, 0.2) is 5.79 Å². The number of hydrogen-bond donors (Lipinski definition) is 1. The minimum atomic E-state index is -0.642. The van der Waals surface area contributed by atoms with Gasteiger partial charge in [0.25, 0.3) is 0 Å². The van der Waals surface area contributed by atoms with Crippen molar-refractivity contribution in [3.8, 4) is 0 Å². The Morgan fingerprint density at radius 2 is 1.67 bits per heavy atom. The summed E-state index contributed by atoms with van der Waals surface area (Å²) in [6.45, 7) is 4.83. The maximum atomic E-state index is 13.0. The Hall–Kier alpha value is -3.68. The summed E-state index contributed by atoms with van der Waals surface area (Å²) in [7, 11) is 0. The number of carbonyl (C=O) groups excluding carboxylic acids is 2. The number of fused-ring (bicyclic) bond motifs is 10. The van der Waals surface area contributed by atoms with Crippen molar-refractivity contribution in [2.24, 2.45) is 0 Å². The molecule has 0 amide bonds. The summed E-state index contributed by atoms with van der Waals surface area (Å²) < 4.78 is 19.2. The maximum absolute atomic E-state index is 13.0. The summed E-state index contributed by atoms with van der Waals surface area (Å²) in [6, 6.07) is 15.7. The fourth-order valence-corrected chi connectivity index (χ4v) is 5.49. The highest BCUT2D eigenvalue weighted by Crippen LogP contribution is 2.44. The molecule has 0 aliphatic carbocycles. The van der Waals surface area contributed by atoms with Gasteiger partial charge in [-0.15, -0.1) is 0 Å². The first-order valence-electron chi connectivity index (χ1n) is 11.0. The zero-order chi connectivity index (χ0) is 22.5. The number of nitrogens with one attached hydrogen (secondary N) is 1. The first-order valence-corrected chi connectivity index (χ1v) is 11.0. The molecule has 2 aromatic heterocycles. The maximum Gasteiger partial charge on any atom is 0.347 e. The van der Waals surface area contributed by atoms with Crippen molar-refractivity contribution in [1.82, 2.24) is 9.55 Å². The van der Waals surface area contributed by atoms with E-state index in [0.717, 1.165) is 43.6 Å². The second-order valence-electron chi connectivity index (χ2n) is 9.15. The van der Waals surface area contributed by atoms with E-state index in [-0.39, 0.29) is 6.10 Å². The fraction of sp³-hybridized carbons (Fsp3) is 0.231. The molecular formula is C26H20N2O5. The van der Waals surface area contributed by atoms with Crippen molar-refractivity contribution >= 4 is 55.6 Å². The lowest BCUT2D eigenvalue weighted by atomic mass is 9.97. The molecule has 1 fully saturated rings. The molecule has 1 atom stereocenters. The van der Waals surface area contributed by atoms with E-state index >= 15 is 0 Å². The second kappa shape index (κ2) is 6.21. The van der Waals surface area contributed by atoms with Gasteiger partial charge in [0.1, 0.15) is 6.10 Å². The molecule has 2 aliphatic rings. The summed E-state index contributed by atoms with van der Waals surface area (Å²) in [5.41, 5.74) is 4.21. The van der Waals surface area contributed by atoms with Gasteiger partial charge < -0.3 is 23.8 Å². The predicted molar refractivity (Wildman–Crippen MR) is 123 cm³/mol. The van der Waals surface area contributed by atoms with E-state index in [2.05, 4.69) is 9.55 Å². The third kappa shape index (κ3) is 2.46. The molecule has 2 aliphatic heterocycles. The van der Waals surface area contributed by atoms with Crippen LogP contribution in [0.2, 0.25) is 0 Å². The van der Waals surface area contributed by atoms with E-state index in [1.54, 1.807) is 0 Å². The molecule has 7 heteroatoms. The van der Waals surface area contributed by atoms with E-state index < -0.39 is 17.7 Å². The van der Waals surface area contributed by atoms with Crippen molar-refractivity contribution in [1.29, 1.82) is 0 Å². The van der Waals surface area contributed by atoms with Gasteiger partial charge in [-0.05, 0) is 26.0 Å². The highest BCUT2D eigenvalue weighted by Gasteiger charge is 2.39. The molecule has 7 nitrogen and oxygen atoms in total. The average Bonchev–Trinajstić information content (AvgIpc) is 3.50. The molecule has 5 aromatic rings. The number of nitrogens with zero attached hydrogens (tertiary/aromatic N) is 1. The number of hydrogen-bond acceptors (Lipinski definition) is 5. The molecule has 164 valence electrons. The first-order chi connectivity index (χ1) is 15.9. The fourth-order valence-electron chi connectivity index (χ4n) is 5.49. The third-order valence-corrected chi connectivity index (χ3v) is 6.71. The lowest BCUT2D eigenvalue weighted by Gasteiger charge is -2.18. The van der Waals surface area contributed by atoms with Crippen molar-refractivity contribution < 1.29 is 23.8 Å². The van der Waals surface area contributed by atoms with Crippen molar-refractivity contribution in [2.45, 2.75) is 32.3 Å². The summed E-state index contributed by atoms with van der Waals surface area (Å²) in [5, 5.41) is 3.23. The molecule has 0 saturated carbocycles. The minimum absolute atomic E-state index is 0.153. The highest BCUT2D eigenvalue weighted by molar-refractivity contribution is 6.36. The topological polar surface area (TPSA) is 82.5 Å². The normalized spacial score (nSPS) is 19.9. The molecule has 0 spiro atoms. The zero-order valence-corrected chi connectivity index (χ0v) is 18.1. The van der Waals surface area contributed by atoms with Crippen LogP contribution in [0.1, 0.15) is 34.6 Å². The molecule has 4 heterocycles. The van der Waals surface area contributed by atoms with E-state index in [0.29, 0.717) is 24.3 Å².